The van der Waals surface area contributed by atoms with Gasteiger partial charge in [-0.1, -0.05) is 0 Å². The van der Waals surface area contributed by atoms with E-state index in [1.54, 1.807) is 0 Å². The number of thioether (sulfide) groups is 1. The molecule has 2 heterocycles. The van der Waals surface area contributed by atoms with Crippen molar-refractivity contribution < 1.29 is 9.53 Å². The van der Waals surface area contributed by atoms with Crippen molar-refractivity contribution in [3.63, 3.8) is 0 Å². The molecule has 1 amide bonds. The summed E-state index contributed by atoms with van der Waals surface area (Å²) in [5, 5.41) is 5.59. The van der Waals surface area contributed by atoms with Gasteiger partial charge >= 0.3 is 6.09 Å². The van der Waals surface area contributed by atoms with Crippen LogP contribution in [0.15, 0.2) is 11.1 Å². The number of hydrogen-bond donors (Lipinski definition) is 0. The van der Waals surface area contributed by atoms with E-state index in [0.717, 1.165) is 37.4 Å². The van der Waals surface area contributed by atoms with Crippen LogP contribution in [-0.2, 0) is 11.8 Å². The van der Waals surface area contributed by atoms with Crippen LogP contribution in [0, 0.1) is 12.8 Å². The topological polar surface area (TPSA) is 47.4 Å². The van der Waals surface area contributed by atoms with Crippen molar-refractivity contribution in [3.8, 4) is 0 Å². The molecule has 0 saturated carbocycles. The van der Waals surface area contributed by atoms with Gasteiger partial charge < -0.3 is 9.64 Å². The first-order valence-corrected chi connectivity index (χ1v) is 8.84. The molecule has 0 atom stereocenters. The molecule has 5 nitrogen and oxygen atoms in total. The molecule has 1 aliphatic heterocycles. The molecule has 2 rings (SSSR count). The van der Waals surface area contributed by atoms with E-state index >= 15 is 0 Å². The van der Waals surface area contributed by atoms with Crippen LogP contribution >= 0.6 is 11.8 Å². The van der Waals surface area contributed by atoms with Crippen molar-refractivity contribution in [1.29, 1.82) is 0 Å². The SMILES string of the molecule is Cc1cc(SCC2CCN(C(=O)OC(C)(C)C)CC2)n(C)n1. The van der Waals surface area contributed by atoms with Crippen LogP contribution in [0.25, 0.3) is 0 Å². The van der Waals surface area contributed by atoms with Gasteiger partial charge in [0.2, 0.25) is 0 Å². The lowest BCUT2D eigenvalue weighted by Crippen LogP contribution is -2.42. The average Bonchev–Trinajstić information content (AvgIpc) is 2.73. The summed E-state index contributed by atoms with van der Waals surface area (Å²) in [6.07, 6.45) is 1.91. The standard InChI is InChI=1S/C16H27N3O2S/c1-12-10-14(18(5)17-12)22-11-13-6-8-19(9-7-13)15(20)21-16(2,3)4/h10,13H,6-9,11H2,1-5H3. The van der Waals surface area contributed by atoms with Crippen LogP contribution in [0.1, 0.15) is 39.3 Å². The van der Waals surface area contributed by atoms with Gasteiger partial charge in [0.1, 0.15) is 5.60 Å². The van der Waals surface area contributed by atoms with Crippen LogP contribution in [0.5, 0.6) is 0 Å². The Morgan fingerprint density at radius 3 is 2.55 bits per heavy atom. The highest BCUT2D eigenvalue weighted by Crippen LogP contribution is 2.27. The summed E-state index contributed by atoms with van der Waals surface area (Å²) in [5.41, 5.74) is 0.644. The normalized spacial score (nSPS) is 16.9. The zero-order valence-corrected chi connectivity index (χ0v) is 15.1. The number of rotatable bonds is 3. The highest BCUT2D eigenvalue weighted by molar-refractivity contribution is 7.99. The summed E-state index contributed by atoms with van der Waals surface area (Å²) >= 11 is 1.86. The van der Waals surface area contributed by atoms with E-state index in [0.29, 0.717) is 5.92 Å². The molecule has 22 heavy (non-hydrogen) atoms. The molecule has 0 radical (unpaired) electrons. The molecule has 124 valence electrons. The highest BCUT2D eigenvalue weighted by atomic mass is 32.2. The van der Waals surface area contributed by atoms with Crippen LogP contribution in [-0.4, -0.2) is 45.2 Å². The number of aryl methyl sites for hydroxylation is 2. The van der Waals surface area contributed by atoms with Crippen molar-refractivity contribution in [2.24, 2.45) is 13.0 Å². The van der Waals surface area contributed by atoms with Gasteiger partial charge in [0.25, 0.3) is 0 Å². The fraction of sp³-hybridized carbons (Fsp3) is 0.750. The molecule has 0 unspecified atom stereocenters. The molecule has 0 N–H and O–H groups in total. The van der Waals surface area contributed by atoms with Crippen LogP contribution in [0.3, 0.4) is 0 Å². The smallest absolute Gasteiger partial charge is 0.410 e. The summed E-state index contributed by atoms with van der Waals surface area (Å²) < 4.78 is 7.37. The molecular weight excluding hydrogens is 298 g/mol. The van der Waals surface area contributed by atoms with E-state index in [1.165, 1.54) is 5.03 Å². The van der Waals surface area contributed by atoms with E-state index < -0.39 is 5.60 Å². The molecule has 0 aromatic carbocycles. The number of carbonyl (C=O) groups excluding carboxylic acids is 1. The van der Waals surface area contributed by atoms with E-state index in [-0.39, 0.29) is 6.09 Å². The Bertz CT molecular complexity index is 514. The number of nitrogens with zero attached hydrogens (tertiary/aromatic N) is 3. The zero-order chi connectivity index (χ0) is 16.3. The fourth-order valence-electron chi connectivity index (χ4n) is 2.53. The third-order valence-electron chi connectivity index (χ3n) is 3.69. The van der Waals surface area contributed by atoms with Crippen molar-refractivity contribution in [3.05, 3.63) is 11.8 Å². The quantitative estimate of drug-likeness (QED) is 0.798. The zero-order valence-electron chi connectivity index (χ0n) is 14.3. The molecule has 1 fully saturated rings. The Labute approximate surface area is 137 Å². The number of aromatic nitrogens is 2. The predicted molar refractivity (Wildman–Crippen MR) is 89.2 cm³/mol. The molecule has 0 aliphatic carbocycles. The summed E-state index contributed by atoms with van der Waals surface area (Å²) in [4.78, 5) is 13.9. The predicted octanol–water partition coefficient (Wildman–Crippen LogP) is 3.47. The van der Waals surface area contributed by atoms with E-state index in [9.17, 15) is 4.79 Å². The van der Waals surface area contributed by atoms with E-state index in [2.05, 4.69) is 11.2 Å². The first-order chi connectivity index (χ1) is 10.2. The van der Waals surface area contributed by atoms with Gasteiger partial charge in [-0.15, -0.1) is 11.8 Å². The lowest BCUT2D eigenvalue weighted by atomic mass is 9.99. The molecule has 0 bridgehead atoms. The number of ether oxygens (including phenoxy) is 1. The van der Waals surface area contributed by atoms with Crippen molar-refractivity contribution in [1.82, 2.24) is 14.7 Å². The Balaban J connectivity index is 1.75. The second-order valence-corrected chi connectivity index (χ2v) is 8.01. The molecule has 1 saturated heterocycles. The molecule has 1 aromatic rings. The lowest BCUT2D eigenvalue weighted by Gasteiger charge is -2.33. The highest BCUT2D eigenvalue weighted by Gasteiger charge is 2.26. The molecule has 6 heteroatoms. The third-order valence-corrected chi connectivity index (χ3v) is 5.01. The third kappa shape index (κ3) is 4.93. The van der Waals surface area contributed by atoms with Gasteiger partial charge in [0, 0.05) is 25.9 Å². The fourth-order valence-corrected chi connectivity index (χ4v) is 3.76. The first kappa shape index (κ1) is 17.2. The second-order valence-electron chi connectivity index (χ2n) is 6.97. The maximum absolute atomic E-state index is 12.0. The minimum Gasteiger partial charge on any atom is -0.444 e. The Hall–Kier alpha value is -1.17. The largest absolute Gasteiger partial charge is 0.444 e. The van der Waals surface area contributed by atoms with Gasteiger partial charge in [-0.3, -0.25) is 4.68 Å². The maximum Gasteiger partial charge on any atom is 0.410 e. The summed E-state index contributed by atoms with van der Waals surface area (Å²) in [5.74, 6) is 1.74. The summed E-state index contributed by atoms with van der Waals surface area (Å²) in [7, 11) is 1.99. The number of likely N-dealkylation sites (tertiary alicyclic amines) is 1. The van der Waals surface area contributed by atoms with E-state index in [4.69, 9.17) is 4.74 Å². The Morgan fingerprint density at radius 1 is 1.41 bits per heavy atom. The molecule has 1 aliphatic rings. The minimum absolute atomic E-state index is 0.180. The van der Waals surface area contributed by atoms with Gasteiger partial charge in [0.15, 0.2) is 0 Å². The van der Waals surface area contributed by atoms with Crippen molar-refractivity contribution in [2.75, 3.05) is 18.8 Å². The van der Waals surface area contributed by atoms with Gasteiger partial charge in [-0.2, -0.15) is 5.10 Å². The van der Waals surface area contributed by atoms with Crippen molar-refractivity contribution >= 4 is 17.9 Å². The Kier molecular flexibility index (Phi) is 5.42. The van der Waals surface area contributed by atoms with Crippen molar-refractivity contribution in [2.45, 2.75) is 51.2 Å². The monoisotopic (exact) mass is 325 g/mol. The van der Waals surface area contributed by atoms with Crippen LogP contribution < -0.4 is 0 Å². The number of hydrogen-bond acceptors (Lipinski definition) is 4. The molecule has 1 aromatic heterocycles. The minimum atomic E-state index is -0.415. The number of carbonyl (C=O) groups is 1. The Morgan fingerprint density at radius 2 is 2.05 bits per heavy atom. The van der Waals surface area contributed by atoms with Gasteiger partial charge in [0.05, 0.1) is 10.7 Å². The molecular formula is C16H27N3O2S. The van der Waals surface area contributed by atoms with Crippen LogP contribution in [0.4, 0.5) is 4.79 Å². The number of amides is 1. The lowest BCUT2D eigenvalue weighted by molar-refractivity contribution is 0.0191. The van der Waals surface area contributed by atoms with E-state index in [1.807, 2.05) is 56.1 Å². The van der Waals surface area contributed by atoms with Gasteiger partial charge in [-0.25, -0.2) is 4.79 Å². The summed E-state index contributed by atoms with van der Waals surface area (Å²) in [6.45, 7) is 9.33. The first-order valence-electron chi connectivity index (χ1n) is 7.86. The average molecular weight is 325 g/mol. The second kappa shape index (κ2) is 6.94. The molecule has 0 spiro atoms. The van der Waals surface area contributed by atoms with Crippen LogP contribution in [0.2, 0.25) is 0 Å². The van der Waals surface area contributed by atoms with Gasteiger partial charge in [-0.05, 0) is 52.5 Å². The number of piperidine rings is 1. The maximum atomic E-state index is 12.0. The summed E-state index contributed by atoms with van der Waals surface area (Å²) in [6, 6.07) is 2.13.